The summed E-state index contributed by atoms with van der Waals surface area (Å²) in [7, 11) is 0. The molecule has 5 heteroatoms. The molecule has 3 rings (SSSR count). The molecule has 2 saturated heterocycles. The van der Waals surface area contributed by atoms with E-state index in [9.17, 15) is 0 Å². The van der Waals surface area contributed by atoms with Crippen LogP contribution in [0.15, 0.2) is 18.6 Å². The van der Waals surface area contributed by atoms with Gasteiger partial charge in [-0.3, -0.25) is 0 Å². The van der Waals surface area contributed by atoms with E-state index in [0.29, 0.717) is 0 Å². The van der Waals surface area contributed by atoms with Gasteiger partial charge in [0.2, 0.25) is 0 Å². The minimum absolute atomic E-state index is 0.00704. The SMILES string of the molecule is CC1OC(c2ccncn2)C2(CCNCC2)C1N. The minimum Gasteiger partial charge on any atom is -0.367 e. The number of nitrogens with two attached hydrogens (primary N) is 1. The third-order valence-electron chi connectivity index (χ3n) is 4.45. The summed E-state index contributed by atoms with van der Waals surface area (Å²) >= 11 is 0. The number of ether oxygens (including phenoxy) is 1. The summed E-state index contributed by atoms with van der Waals surface area (Å²) in [4.78, 5) is 8.35. The smallest absolute Gasteiger partial charge is 0.115 e. The second-order valence-corrected chi connectivity index (χ2v) is 5.36. The van der Waals surface area contributed by atoms with E-state index in [1.807, 2.05) is 6.07 Å². The monoisotopic (exact) mass is 248 g/mol. The molecule has 0 aliphatic carbocycles. The van der Waals surface area contributed by atoms with Crippen molar-refractivity contribution >= 4 is 0 Å². The van der Waals surface area contributed by atoms with Crippen LogP contribution in [0.2, 0.25) is 0 Å². The van der Waals surface area contributed by atoms with E-state index in [0.717, 1.165) is 31.6 Å². The quantitative estimate of drug-likeness (QED) is 0.762. The Morgan fingerprint density at radius 1 is 1.44 bits per heavy atom. The number of aromatic nitrogens is 2. The van der Waals surface area contributed by atoms with Crippen LogP contribution in [0.3, 0.4) is 0 Å². The Hall–Kier alpha value is -1.04. The average molecular weight is 248 g/mol. The van der Waals surface area contributed by atoms with Gasteiger partial charge in [0.05, 0.1) is 11.8 Å². The molecule has 1 spiro atoms. The lowest BCUT2D eigenvalue weighted by Gasteiger charge is -2.40. The van der Waals surface area contributed by atoms with Crippen molar-refractivity contribution in [1.29, 1.82) is 0 Å². The highest BCUT2D eigenvalue weighted by atomic mass is 16.5. The number of hydrogen-bond acceptors (Lipinski definition) is 5. The van der Waals surface area contributed by atoms with E-state index in [1.54, 1.807) is 12.5 Å². The highest BCUT2D eigenvalue weighted by molar-refractivity contribution is 5.16. The molecule has 5 nitrogen and oxygen atoms in total. The highest BCUT2D eigenvalue weighted by Gasteiger charge is 2.54. The van der Waals surface area contributed by atoms with Crippen LogP contribution in [0, 0.1) is 5.41 Å². The van der Waals surface area contributed by atoms with E-state index in [-0.39, 0.29) is 23.7 Å². The van der Waals surface area contributed by atoms with Gasteiger partial charge in [-0.05, 0) is 38.9 Å². The van der Waals surface area contributed by atoms with Gasteiger partial charge in [-0.25, -0.2) is 9.97 Å². The Bertz CT molecular complexity index is 405. The zero-order chi connectivity index (χ0) is 12.6. The molecule has 2 aliphatic heterocycles. The molecule has 1 aromatic rings. The van der Waals surface area contributed by atoms with Crippen molar-refractivity contribution in [2.45, 2.75) is 38.0 Å². The normalized spacial score (nSPS) is 34.9. The Kier molecular flexibility index (Phi) is 3.05. The van der Waals surface area contributed by atoms with Gasteiger partial charge in [-0.2, -0.15) is 0 Å². The first kappa shape index (κ1) is 12.0. The summed E-state index contributed by atoms with van der Waals surface area (Å²) in [6, 6.07) is 2.03. The first-order valence-electron chi connectivity index (χ1n) is 6.62. The van der Waals surface area contributed by atoms with Crippen LogP contribution in [0.1, 0.15) is 31.6 Å². The number of rotatable bonds is 1. The van der Waals surface area contributed by atoms with Crippen LogP contribution in [-0.4, -0.2) is 35.2 Å². The summed E-state index contributed by atoms with van der Waals surface area (Å²) < 4.78 is 6.11. The molecule has 1 aromatic heterocycles. The molecule has 0 bridgehead atoms. The molecule has 0 aromatic carbocycles. The van der Waals surface area contributed by atoms with Crippen molar-refractivity contribution in [3.63, 3.8) is 0 Å². The fourth-order valence-electron chi connectivity index (χ4n) is 3.39. The van der Waals surface area contributed by atoms with Crippen molar-refractivity contribution in [1.82, 2.24) is 15.3 Å². The third kappa shape index (κ3) is 1.74. The molecule has 2 aliphatic rings. The zero-order valence-corrected chi connectivity index (χ0v) is 10.7. The Morgan fingerprint density at radius 3 is 2.89 bits per heavy atom. The molecule has 3 atom stereocenters. The Balaban J connectivity index is 1.97. The van der Waals surface area contributed by atoms with E-state index >= 15 is 0 Å². The van der Waals surface area contributed by atoms with E-state index < -0.39 is 0 Å². The van der Waals surface area contributed by atoms with Crippen LogP contribution in [-0.2, 0) is 4.74 Å². The molecule has 3 heterocycles. The summed E-state index contributed by atoms with van der Waals surface area (Å²) in [5.74, 6) is 0. The fourth-order valence-corrected chi connectivity index (χ4v) is 3.39. The average Bonchev–Trinajstić information content (AvgIpc) is 2.66. The van der Waals surface area contributed by atoms with Gasteiger partial charge in [0.15, 0.2) is 0 Å². The van der Waals surface area contributed by atoms with E-state index in [1.165, 1.54) is 0 Å². The topological polar surface area (TPSA) is 73.1 Å². The highest BCUT2D eigenvalue weighted by Crippen LogP contribution is 2.52. The van der Waals surface area contributed by atoms with Crippen LogP contribution in [0.5, 0.6) is 0 Å². The predicted octanol–water partition coefficient (Wildman–Crippen LogP) is 0.634. The summed E-state index contributed by atoms with van der Waals surface area (Å²) in [5.41, 5.74) is 7.41. The molecular weight excluding hydrogens is 228 g/mol. The van der Waals surface area contributed by atoms with Gasteiger partial charge in [0.1, 0.15) is 12.4 Å². The van der Waals surface area contributed by atoms with Crippen molar-refractivity contribution < 1.29 is 4.74 Å². The van der Waals surface area contributed by atoms with Gasteiger partial charge in [0.25, 0.3) is 0 Å². The summed E-state index contributed by atoms with van der Waals surface area (Å²) in [5, 5.41) is 3.40. The van der Waals surface area contributed by atoms with Crippen molar-refractivity contribution in [3.8, 4) is 0 Å². The first-order valence-corrected chi connectivity index (χ1v) is 6.62. The zero-order valence-electron chi connectivity index (χ0n) is 10.7. The molecular formula is C13H20N4O. The maximum absolute atomic E-state index is 6.42. The second-order valence-electron chi connectivity index (χ2n) is 5.36. The van der Waals surface area contributed by atoms with Crippen LogP contribution in [0.25, 0.3) is 0 Å². The molecule has 18 heavy (non-hydrogen) atoms. The number of nitrogens with one attached hydrogen (secondary N) is 1. The maximum atomic E-state index is 6.42. The van der Waals surface area contributed by atoms with Crippen molar-refractivity contribution in [2.24, 2.45) is 11.1 Å². The molecule has 3 unspecified atom stereocenters. The van der Waals surface area contributed by atoms with E-state index in [2.05, 4.69) is 22.2 Å². The van der Waals surface area contributed by atoms with E-state index in [4.69, 9.17) is 10.5 Å². The van der Waals surface area contributed by atoms with Crippen molar-refractivity contribution in [2.75, 3.05) is 13.1 Å². The fraction of sp³-hybridized carbons (Fsp3) is 0.692. The number of piperidine rings is 1. The maximum Gasteiger partial charge on any atom is 0.115 e. The van der Waals surface area contributed by atoms with Crippen LogP contribution < -0.4 is 11.1 Å². The van der Waals surface area contributed by atoms with Crippen molar-refractivity contribution in [3.05, 3.63) is 24.3 Å². The summed E-state index contributed by atoms with van der Waals surface area (Å²) in [6.07, 6.45) is 5.55. The predicted molar refractivity (Wildman–Crippen MR) is 67.8 cm³/mol. The second kappa shape index (κ2) is 4.57. The van der Waals surface area contributed by atoms with Gasteiger partial charge in [0, 0.05) is 17.7 Å². The third-order valence-corrected chi connectivity index (χ3v) is 4.45. The largest absolute Gasteiger partial charge is 0.367 e. The van der Waals surface area contributed by atoms with Crippen LogP contribution in [0.4, 0.5) is 0 Å². The molecule has 0 amide bonds. The Morgan fingerprint density at radius 2 is 2.22 bits per heavy atom. The minimum atomic E-state index is 0.00704. The lowest BCUT2D eigenvalue weighted by atomic mass is 9.69. The van der Waals surface area contributed by atoms with Gasteiger partial charge >= 0.3 is 0 Å². The first-order chi connectivity index (χ1) is 8.74. The van der Waals surface area contributed by atoms with Gasteiger partial charge in [-0.15, -0.1) is 0 Å². The summed E-state index contributed by atoms with van der Waals surface area (Å²) in [6.45, 7) is 4.08. The number of nitrogens with zero attached hydrogens (tertiary/aromatic N) is 2. The van der Waals surface area contributed by atoms with Gasteiger partial charge < -0.3 is 15.8 Å². The molecule has 2 fully saturated rings. The molecule has 3 N–H and O–H groups in total. The molecule has 0 saturated carbocycles. The Labute approximate surface area is 107 Å². The lowest BCUT2D eigenvalue weighted by molar-refractivity contribution is 0.00247. The standard InChI is InChI=1S/C13H20N4O/c1-9-11(14)13(3-6-15-7-4-13)12(18-9)10-2-5-16-8-17-10/h2,5,8-9,11-12,15H,3-4,6-7,14H2,1H3. The number of hydrogen-bond donors (Lipinski definition) is 2. The van der Waals surface area contributed by atoms with Gasteiger partial charge in [-0.1, -0.05) is 0 Å². The van der Waals surface area contributed by atoms with Crippen LogP contribution >= 0.6 is 0 Å². The lowest BCUT2D eigenvalue weighted by Crippen LogP contribution is -2.50. The molecule has 0 radical (unpaired) electrons. The molecule has 98 valence electrons.